The third-order valence-electron chi connectivity index (χ3n) is 2.29. The van der Waals surface area contributed by atoms with Gasteiger partial charge in [-0.05, 0) is 51.4 Å². The molecule has 0 fully saturated rings. The molecule has 0 spiro atoms. The number of rotatable bonds is 5. The van der Waals surface area contributed by atoms with Gasteiger partial charge in [-0.15, -0.1) is 0 Å². The molecule has 1 aromatic heterocycles. The monoisotopic (exact) mass is 384 g/mol. The molecule has 1 unspecified atom stereocenters. The maximum Gasteiger partial charge on any atom is 0.147 e. The Morgan fingerprint density at radius 3 is 2.59 bits per heavy atom. The molecule has 96 valence electrons. The minimum absolute atomic E-state index is 0.0767. The number of nitrogens with zero attached hydrogens (tertiary/aromatic N) is 1. The zero-order valence-corrected chi connectivity index (χ0v) is 13.6. The molecule has 0 aliphatic heterocycles. The number of hydrogen-bond acceptors (Lipinski definition) is 4. The van der Waals surface area contributed by atoms with Crippen LogP contribution in [0.25, 0.3) is 0 Å². The quantitative estimate of drug-likeness (QED) is 0.844. The van der Waals surface area contributed by atoms with E-state index in [4.69, 9.17) is 0 Å². The van der Waals surface area contributed by atoms with Gasteiger partial charge in [-0.25, -0.2) is 8.42 Å². The zero-order chi connectivity index (χ0) is 13.1. The van der Waals surface area contributed by atoms with Crippen LogP contribution in [0.5, 0.6) is 0 Å². The van der Waals surface area contributed by atoms with Crippen LogP contribution in [0.4, 0.5) is 0 Å². The van der Waals surface area contributed by atoms with Crippen molar-refractivity contribution in [3.63, 3.8) is 0 Å². The standard InChI is InChI=1S/C10H14Br2N2O2S/c1-13-9(3-4-17(2,15)16)10-8(12)5-7(11)6-14-10/h5-6,9,13H,3-4H2,1-2H3. The number of halogens is 2. The first-order chi connectivity index (χ1) is 7.83. The number of sulfone groups is 1. The minimum Gasteiger partial charge on any atom is -0.312 e. The maximum atomic E-state index is 11.2. The molecule has 0 saturated heterocycles. The number of pyridine rings is 1. The fourth-order valence-electron chi connectivity index (χ4n) is 1.43. The Morgan fingerprint density at radius 1 is 1.47 bits per heavy atom. The summed E-state index contributed by atoms with van der Waals surface area (Å²) >= 11 is 6.76. The van der Waals surface area contributed by atoms with Crippen molar-refractivity contribution in [1.29, 1.82) is 0 Å². The smallest absolute Gasteiger partial charge is 0.147 e. The highest BCUT2D eigenvalue weighted by Gasteiger charge is 2.16. The fourth-order valence-corrected chi connectivity index (χ4v) is 3.36. The first-order valence-electron chi connectivity index (χ1n) is 4.99. The van der Waals surface area contributed by atoms with Crippen LogP contribution in [0.3, 0.4) is 0 Å². The largest absolute Gasteiger partial charge is 0.312 e. The van der Waals surface area contributed by atoms with Crippen molar-refractivity contribution in [3.05, 3.63) is 26.9 Å². The third kappa shape index (κ3) is 5.03. The van der Waals surface area contributed by atoms with Crippen molar-refractivity contribution in [1.82, 2.24) is 10.3 Å². The van der Waals surface area contributed by atoms with Gasteiger partial charge in [0.1, 0.15) is 9.84 Å². The van der Waals surface area contributed by atoms with E-state index in [1.165, 1.54) is 6.26 Å². The van der Waals surface area contributed by atoms with Crippen molar-refractivity contribution in [2.24, 2.45) is 0 Å². The van der Waals surface area contributed by atoms with Gasteiger partial charge in [0.25, 0.3) is 0 Å². The molecule has 0 amide bonds. The first-order valence-corrected chi connectivity index (χ1v) is 8.64. The molecular formula is C10H14Br2N2O2S. The summed E-state index contributed by atoms with van der Waals surface area (Å²) in [7, 11) is -1.16. The number of hydrogen-bond donors (Lipinski definition) is 1. The molecule has 0 aromatic carbocycles. The molecule has 4 nitrogen and oxygen atoms in total. The topological polar surface area (TPSA) is 59.1 Å². The second-order valence-corrected chi connectivity index (χ2v) is 7.81. The molecule has 1 atom stereocenters. The Labute approximate surface area is 118 Å². The lowest BCUT2D eigenvalue weighted by molar-refractivity contribution is 0.546. The van der Waals surface area contributed by atoms with Gasteiger partial charge in [-0.1, -0.05) is 0 Å². The Balaban J connectivity index is 2.86. The van der Waals surface area contributed by atoms with Crippen LogP contribution in [0.15, 0.2) is 21.2 Å². The molecule has 1 heterocycles. The van der Waals surface area contributed by atoms with Crippen LogP contribution in [0.2, 0.25) is 0 Å². The summed E-state index contributed by atoms with van der Waals surface area (Å²) < 4.78 is 24.1. The normalized spacial score (nSPS) is 13.6. The summed E-state index contributed by atoms with van der Waals surface area (Å²) in [6, 6.07) is 1.82. The lowest BCUT2D eigenvalue weighted by Crippen LogP contribution is -2.21. The first kappa shape index (κ1) is 15.1. The number of aromatic nitrogens is 1. The molecule has 0 aliphatic carbocycles. The van der Waals surface area contributed by atoms with E-state index in [1.807, 2.05) is 6.07 Å². The average Bonchev–Trinajstić information content (AvgIpc) is 2.19. The molecule has 1 aromatic rings. The lowest BCUT2D eigenvalue weighted by Gasteiger charge is -2.16. The van der Waals surface area contributed by atoms with Crippen LogP contribution in [-0.4, -0.2) is 32.5 Å². The third-order valence-corrected chi connectivity index (χ3v) is 4.34. The van der Waals surface area contributed by atoms with Gasteiger partial charge < -0.3 is 5.32 Å². The molecule has 1 N–H and O–H groups in total. The predicted octanol–water partition coefficient (Wildman–Crippen LogP) is 2.30. The highest BCUT2D eigenvalue weighted by Crippen LogP contribution is 2.26. The van der Waals surface area contributed by atoms with Crippen molar-refractivity contribution in [2.45, 2.75) is 12.5 Å². The van der Waals surface area contributed by atoms with E-state index in [1.54, 1.807) is 13.2 Å². The summed E-state index contributed by atoms with van der Waals surface area (Å²) in [6.45, 7) is 0. The predicted molar refractivity (Wildman–Crippen MR) is 75.8 cm³/mol. The van der Waals surface area contributed by atoms with Crippen molar-refractivity contribution in [3.8, 4) is 0 Å². The molecular weight excluding hydrogens is 372 g/mol. The van der Waals surface area contributed by atoms with E-state index in [0.717, 1.165) is 14.6 Å². The summed E-state index contributed by atoms with van der Waals surface area (Å²) in [4.78, 5) is 4.30. The minimum atomic E-state index is -2.95. The molecule has 0 radical (unpaired) electrons. The van der Waals surface area contributed by atoms with Crippen LogP contribution >= 0.6 is 31.9 Å². The molecule has 17 heavy (non-hydrogen) atoms. The maximum absolute atomic E-state index is 11.2. The molecule has 0 saturated carbocycles. The van der Waals surface area contributed by atoms with Gasteiger partial charge in [0.05, 0.1) is 17.5 Å². The summed E-state index contributed by atoms with van der Waals surface area (Å²) in [5.74, 6) is 0.142. The van der Waals surface area contributed by atoms with E-state index in [2.05, 4.69) is 42.2 Å². The second kappa shape index (κ2) is 6.26. The molecule has 7 heteroatoms. The Morgan fingerprint density at radius 2 is 2.12 bits per heavy atom. The van der Waals surface area contributed by atoms with Crippen molar-refractivity contribution < 1.29 is 8.42 Å². The zero-order valence-electron chi connectivity index (χ0n) is 9.57. The molecule has 0 aliphatic rings. The van der Waals surface area contributed by atoms with E-state index in [-0.39, 0.29) is 11.8 Å². The Kier molecular flexibility index (Phi) is 5.56. The van der Waals surface area contributed by atoms with Crippen molar-refractivity contribution in [2.75, 3.05) is 19.1 Å². The van der Waals surface area contributed by atoms with E-state index >= 15 is 0 Å². The van der Waals surface area contributed by atoms with Gasteiger partial charge in [-0.2, -0.15) is 0 Å². The summed E-state index contributed by atoms with van der Waals surface area (Å²) in [5.41, 5.74) is 0.819. The summed E-state index contributed by atoms with van der Waals surface area (Å²) in [6.07, 6.45) is 3.44. The van der Waals surface area contributed by atoms with Gasteiger partial charge in [-0.3, -0.25) is 4.98 Å². The second-order valence-electron chi connectivity index (χ2n) is 3.78. The van der Waals surface area contributed by atoms with Crippen LogP contribution in [-0.2, 0) is 9.84 Å². The van der Waals surface area contributed by atoms with E-state index in [0.29, 0.717) is 6.42 Å². The lowest BCUT2D eigenvalue weighted by atomic mass is 10.1. The molecule has 0 bridgehead atoms. The van der Waals surface area contributed by atoms with Crippen LogP contribution in [0.1, 0.15) is 18.2 Å². The van der Waals surface area contributed by atoms with E-state index in [9.17, 15) is 8.42 Å². The van der Waals surface area contributed by atoms with Gasteiger partial charge >= 0.3 is 0 Å². The van der Waals surface area contributed by atoms with Crippen LogP contribution in [0, 0.1) is 0 Å². The highest BCUT2D eigenvalue weighted by molar-refractivity contribution is 9.11. The van der Waals surface area contributed by atoms with Gasteiger partial charge in [0.15, 0.2) is 0 Å². The number of nitrogens with one attached hydrogen (secondary N) is 1. The van der Waals surface area contributed by atoms with E-state index < -0.39 is 9.84 Å². The summed E-state index contributed by atoms with van der Waals surface area (Å²) in [5, 5.41) is 3.08. The van der Waals surface area contributed by atoms with Gasteiger partial charge in [0.2, 0.25) is 0 Å². The average molecular weight is 386 g/mol. The Hall–Kier alpha value is 0.0200. The van der Waals surface area contributed by atoms with Crippen LogP contribution < -0.4 is 5.32 Å². The highest BCUT2D eigenvalue weighted by atomic mass is 79.9. The fraction of sp³-hybridized carbons (Fsp3) is 0.500. The van der Waals surface area contributed by atoms with Gasteiger partial charge in [0, 0.05) is 21.4 Å². The SMILES string of the molecule is CNC(CCS(C)(=O)=O)c1ncc(Br)cc1Br. The molecule has 1 rings (SSSR count). The van der Waals surface area contributed by atoms with Crippen molar-refractivity contribution >= 4 is 41.7 Å². The Bertz CT molecular complexity index is 491.